The molecule has 138 valence electrons. The van der Waals surface area contributed by atoms with E-state index in [2.05, 4.69) is 5.32 Å². The summed E-state index contributed by atoms with van der Waals surface area (Å²) in [4.78, 5) is 34.7. The maximum atomic E-state index is 12.2. The Hall–Kier alpha value is -2.60. The first-order valence-electron chi connectivity index (χ1n) is 8.41. The number of benzene rings is 1. The molecule has 0 aliphatic rings. The highest BCUT2D eigenvalue weighted by Crippen LogP contribution is 2.15. The molecule has 1 aromatic carbocycles. The number of amides is 1. The number of nitrogens with zero attached hydrogens (tertiary/aromatic N) is 1. The van der Waals surface area contributed by atoms with Gasteiger partial charge in [-0.25, -0.2) is 0 Å². The van der Waals surface area contributed by atoms with Crippen molar-refractivity contribution in [1.82, 2.24) is 9.88 Å². The Labute approximate surface area is 156 Å². The number of carboxylic acid groups (broad SMARTS) is 1. The zero-order chi connectivity index (χ0) is 18.9. The fraction of sp³-hybridized carbons (Fsp3) is 0.316. The second-order valence-corrected chi connectivity index (χ2v) is 6.34. The van der Waals surface area contributed by atoms with Crippen LogP contribution in [0.4, 0.5) is 0 Å². The van der Waals surface area contributed by atoms with Crippen LogP contribution in [0.3, 0.4) is 0 Å². The first kappa shape index (κ1) is 19.7. The van der Waals surface area contributed by atoms with Crippen LogP contribution in [0.1, 0.15) is 41.6 Å². The van der Waals surface area contributed by atoms with Crippen molar-refractivity contribution in [2.75, 3.05) is 6.54 Å². The van der Waals surface area contributed by atoms with Gasteiger partial charge in [-0.1, -0.05) is 36.2 Å². The van der Waals surface area contributed by atoms with Crippen LogP contribution in [-0.4, -0.2) is 28.1 Å². The number of nitrogens with one attached hydrogen (secondary N) is 1. The van der Waals surface area contributed by atoms with Crippen molar-refractivity contribution < 1.29 is 14.7 Å². The number of carbonyl (C=O) groups excluding carboxylic acids is 1. The van der Waals surface area contributed by atoms with E-state index in [0.717, 1.165) is 12.0 Å². The number of aliphatic carboxylic acids is 1. The minimum atomic E-state index is -0.810. The lowest BCUT2D eigenvalue weighted by Crippen LogP contribution is -2.27. The minimum Gasteiger partial charge on any atom is -0.481 e. The number of unbranched alkanes of at least 4 members (excludes halogenated alkanes) is 2. The molecule has 2 N–H and O–H groups in total. The van der Waals surface area contributed by atoms with Gasteiger partial charge in [-0.2, -0.15) is 0 Å². The summed E-state index contributed by atoms with van der Waals surface area (Å²) < 4.78 is 1.45. The van der Waals surface area contributed by atoms with Crippen LogP contribution in [0, 0.1) is 0 Å². The van der Waals surface area contributed by atoms with Crippen LogP contribution in [-0.2, 0) is 11.3 Å². The molecule has 0 spiro atoms. The first-order valence-corrected chi connectivity index (χ1v) is 8.79. The molecule has 26 heavy (non-hydrogen) atoms. The van der Waals surface area contributed by atoms with Crippen molar-refractivity contribution >= 4 is 23.5 Å². The van der Waals surface area contributed by atoms with Gasteiger partial charge in [0.05, 0.1) is 12.1 Å². The normalized spacial score (nSPS) is 10.5. The van der Waals surface area contributed by atoms with Gasteiger partial charge in [0.25, 0.3) is 11.5 Å². The number of halogens is 1. The monoisotopic (exact) mass is 376 g/mol. The zero-order valence-electron chi connectivity index (χ0n) is 14.3. The molecule has 2 aromatic rings. The largest absolute Gasteiger partial charge is 0.481 e. The molecule has 0 aliphatic heterocycles. The van der Waals surface area contributed by atoms with Gasteiger partial charge in [-0.05, 0) is 30.5 Å². The quantitative estimate of drug-likeness (QED) is 0.658. The van der Waals surface area contributed by atoms with E-state index in [4.69, 9.17) is 16.7 Å². The van der Waals surface area contributed by atoms with Crippen LogP contribution in [0.15, 0.2) is 47.4 Å². The van der Waals surface area contributed by atoms with Gasteiger partial charge in [0.1, 0.15) is 0 Å². The Kier molecular flexibility index (Phi) is 7.41. The van der Waals surface area contributed by atoms with E-state index in [9.17, 15) is 14.4 Å². The Morgan fingerprint density at radius 2 is 1.85 bits per heavy atom. The Morgan fingerprint density at radius 1 is 1.08 bits per heavy atom. The van der Waals surface area contributed by atoms with Gasteiger partial charge in [-0.15, -0.1) is 0 Å². The molecule has 0 aliphatic carbocycles. The number of rotatable bonds is 9. The molecule has 1 aromatic heterocycles. The average Bonchev–Trinajstić information content (AvgIpc) is 2.61. The fourth-order valence-corrected chi connectivity index (χ4v) is 2.68. The van der Waals surface area contributed by atoms with Crippen molar-refractivity contribution in [2.45, 2.75) is 32.2 Å². The van der Waals surface area contributed by atoms with Gasteiger partial charge < -0.3 is 15.0 Å². The number of carboxylic acids is 1. The summed E-state index contributed by atoms with van der Waals surface area (Å²) >= 11 is 6.13. The van der Waals surface area contributed by atoms with Crippen LogP contribution < -0.4 is 10.9 Å². The predicted molar refractivity (Wildman–Crippen MR) is 99.7 cm³/mol. The maximum absolute atomic E-state index is 12.2. The third-order valence-corrected chi connectivity index (χ3v) is 4.27. The highest BCUT2D eigenvalue weighted by atomic mass is 35.5. The lowest BCUT2D eigenvalue weighted by atomic mass is 10.2. The summed E-state index contributed by atoms with van der Waals surface area (Å²) in [6.45, 7) is 0.747. The summed E-state index contributed by atoms with van der Waals surface area (Å²) in [5.74, 6) is -1.08. The number of hydrogen-bond donors (Lipinski definition) is 2. The van der Waals surface area contributed by atoms with Gasteiger partial charge in [0.15, 0.2) is 0 Å². The standard InChI is InChI=1S/C19H21ClN2O4/c20-16-7-4-3-6-14(16)12-22-13-15(9-10-17(22)23)19(26)21-11-5-1-2-8-18(24)25/h3-4,6-7,9-10,13H,1-2,5,8,11-12H2,(H,21,26)(H,24,25). The summed E-state index contributed by atoms with van der Waals surface area (Å²) in [6.07, 6.45) is 3.69. The molecular formula is C19H21ClN2O4. The minimum absolute atomic E-state index is 0.140. The Balaban J connectivity index is 1.93. The van der Waals surface area contributed by atoms with E-state index in [1.807, 2.05) is 18.2 Å². The van der Waals surface area contributed by atoms with Gasteiger partial charge in [-0.3, -0.25) is 14.4 Å². The second-order valence-electron chi connectivity index (χ2n) is 5.94. The van der Waals surface area contributed by atoms with Crippen molar-refractivity contribution in [1.29, 1.82) is 0 Å². The van der Waals surface area contributed by atoms with Crippen molar-refractivity contribution in [3.8, 4) is 0 Å². The number of pyridine rings is 1. The SMILES string of the molecule is O=C(O)CCCCCNC(=O)c1ccc(=O)n(Cc2ccccc2Cl)c1. The first-order chi connectivity index (χ1) is 12.5. The molecule has 1 amide bonds. The summed E-state index contributed by atoms with van der Waals surface area (Å²) in [7, 11) is 0. The summed E-state index contributed by atoms with van der Waals surface area (Å²) in [5.41, 5.74) is 0.976. The van der Waals surface area contributed by atoms with E-state index in [0.29, 0.717) is 30.0 Å². The van der Waals surface area contributed by atoms with Crippen molar-refractivity contribution in [3.05, 3.63) is 69.1 Å². The topological polar surface area (TPSA) is 88.4 Å². The molecular weight excluding hydrogens is 356 g/mol. The number of aromatic nitrogens is 1. The van der Waals surface area contributed by atoms with Gasteiger partial charge in [0.2, 0.25) is 0 Å². The summed E-state index contributed by atoms with van der Waals surface area (Å²) in [6, 6.07) is 10.1. The third kappa shape index (κ3) is 6.04. The number of carbonyl (C=O) groups is 2. The maximum Gasteiger partial charge on any atom is 0.303 e. The molecule has 1 heterocycles. The number of hydrogen-bond acceptors (Lipinski definition) is 3. The van der Waals surface area contributed by atoms with E-state index >= 15 is 0 Å². The van der Waals surface area contributed by atoms with E-state index < -0.39 is 5.97 Å². The van der Waals surface area contributed by atoms with E-state index in [1.54, 1.807) is 6.07 Å². The molecule has 0 fully saturated rings. The van der Waals surface area contributed by atoms with E-state index in [-0.39, 0.29) is 24.4 Å². The second kappa shape index (κ2) is 9.77. The van der Waals surface area contributed by atoms with E-state index in [1.165, 1.54) is 22.9 Å². The van der Waals surface area contributed by atoms with Crippen LogP contribution in [0.5, 0.6) is 0 Å². The predicted octanol–water partition coefficient (Wildman–Crippen LogP) is 2.92. The van der Waals surface area contributed by atoms with Crippen molar-refractivity contribution in [3.63, 3.8) is 0 Å². The van der Waals surface area contributed by atoms with Crippen LogP contribution in [0.2, 0.25) is 5.02 Å². The van der Waals surface area contributed by atoms with Crippen molar-refractivity contribution in [2.24, 2.45) is 0 Å². The molecule has 0 atom stereocenters. The molecule has 0 saturated heterocycles. The average molecular weight is 377 g/mol. The smallest absolute Gasteiger partial charge is 0.303 e. The molecule has 6 nitrogen and oxygen atoms in total. The van der Waals surface area contributed by atoms with Gasteiger partial charge >= 0.3 is 5.97 Å². The van der Waals surface area contributed by atoms with Crippen LogP contribution in [0.25, 0.3) is 0 Å². The summed E-state index contributed by atoms with van der Waals surface area (Å²) in [5, 5.41) is 11.9. The third-order valence-electron chi connectivity index (χ3n) is 3.90. The Bertz CT molecular complexity index is 832. The lowest BCUT2D eigenvalue weighted by molar-refractivity contribution is -0.137. The molecule has 0 unspecified atom stereocenters. The highest BCUT2D eigenvalue weighted by Gasteiger charge is 2.09. The Morgan fingerprint density at radius 3 is 2.58 bits per heavy atom. The molecule has 2 rings (SSSR count). The molecule has 0 bridgehead atoms. The molecule has 0 saturated carbocycles. The van der Waals surface area contributed by atoms with Crippen LogP contribution >= 0.6 is 11.6 Å². The highest BCUT2D eigenvalue weighted by molar-refractivity contribution is 6.31. The van der Waals surface area contributed by atoms with Gasteiger partial charge in [0, 0.05) is 30.3 Å². The fourth-order valence-electron chi connectivity index (χ4n) is 2.48. The molecule has 0 radical (unpaired) electrons. The molecule has 7 heteroatoms. The zero-order valence-corrected chi connectivity index (χ0v) is 15.0. The lowest BCUT2D eigenvalue weighted by Gasteiger charge is -2.10.